The molecule has 3 aromatic carbocycles. The summed E-state index contributed by atoms with van der Waals surface area (Å²) in [7, 11) is 2.92. The minimum atomic E-state index is -0.656. The van der Waals surface area contributed by atoms with Crippen molar-refractivity contribution in [2.24, 2.45) is 0 Å². The fourth-order valence-electron chi connectivity index (χ4n) is 4.01. The number of carbonyl (C=O) groups is 2. The zero-order valence-electron chi connectivity index (χ0n) is 19.4. The summed E-state index contributed by atoms with van der Waals surface area (Å²) in [6.45, 7) is 1.91. The first-order valence-corrected chi connectivity index (χ1v) is 11.0. The molecule has 2 heterocycles. The fourth-order valence-corrected chi connectivity index (χ4v) is 4.01. The number of methoxy groups -OCH3 is 2. The van der Waals surface area contributed by atoms with Crippen LogP contribution in [0.15, 0.2) is 78.1 Å². The lowest BCUT2D eigenvalue weighted by atomic mass is 10.0. The van der Waals surface area contributed by atoms with Gasteiger partial charge in [0.15, 0.2) is 5.76 Å². The van der Waals surface area contributed by atoms with Crippen LogP contribution < -0.4 is 23.7 Å². The Balaban J connectivity index is 1.40. The van der Waals surface area contributed by atoms with Crippen molar-refractivity contribution in [2.45, 2.75) is 13.0 Å². The third-order valence-corrected chi connectivity index (χ3v) is 5.80. The van der Waals surface area contributed by atoms with Crippen LogP contribution in [-0.4, -0.2) is 32.1 Å². The highest BCUT2D eigenvalue weighted by Crippen LogP contribution is 2.37. The van der Waals surface area contributed by atoms with Crippen LogP contribution in [0.4, 0.5) is 0 Å². The molecule has 0 aromatic heterocycles. The van der Waals surface area contributed by atoms with Crippen molar-refractivity contribution in [3.63, 3.8) is 0 Å². The SMILES string of the molecule is COc1cccc(OC)c1C(=O)Oc1ccc2c(c1)O/C(=C\C1=Cc3ccccc3O[C@H]1C)C2=O. The molecule has 7 nitrogen and oxygen atoms in total. The number of allylic oxidation sites excluding steroid dienone is 1. The zero-order valence-corrected chi connectivity index (χ0v) is 19.4. The quantitative estimate of drug-likeness (QED) is 0.286. The number of benzene rings is 3. The molecular weight excluding hydrogens is 448 g/mol. The van der Waals surface area contributed by atoms with E-state index in [2.05, 4.69) is 0 Å². The maximum Gasteiger partial charge on any atom is 0.351 e. The summed E-state index contributed by atoms with van der Waals surface area (Å²) in [6.07, 6.45) is 3.42. The van der Waals surface area contributed by atoms with E-state index in [1.54, 1.807) is 36.4 Å². The Morgan fingerprint density at radius 1 is 0.943 bits per heavy atom. The van der Waals surface area contributed by atoms with Crippen molar-refractivity contribution in [3.8, 4) is 28.7 Å². The van der Waals surface area contributed by atoms with Gasteiger partial charge in [-0.1, -0.05) is 24.3 Å². The number of para-hydroxylation sites is 1. The second-order valence-corrected chi connectivity index (χ2v) is 7.97. The maximum absolute atomic E-state index is 12.9. The summed E-state index contributed by atoms with van der Waals surface area (Å²) in [5.41, 5.74) is 2.29. The topological polar surface area (TPSA) is 80.3 Å². The van der Waals surface area contributed by atoms with Crippen LogP contribution in [0.2, 0.25) is 0 Å². The van der Waals surface area contributed by atoms with E-state index >= 15 is 0 Å². The molecule has 176 valence electrons. The van der Waals surface area contributed by atoms with Gasteiger partial charge < -0.3 is 23.7 Å². The molecule has 0 saturated carbocycles. The monoisotopic (exact) mass is 470 g/mol. The number of ether oxygens (including phenoxy) is 5. The molecule has 2 aliphatic heterocycles. The average Bonchev–Trinajstić information content (AvgIpc) is 3.18. The number of hydrogen-bond acceptors (Lipinski definition) is 7. The third kappa shape index (κ3) is 4.12. The zero-order chi connectivity index (χ0) is 24.5. The van der Waals surface area contributed by atoms with E-state index in [0.717, 1.165) is 16.9 Å². The van der Waals surface area contributed by atoms with Gasteiger partial charge in [-0.25, -0.2) is 4.79 Å². The third-order valence-electron chi connectivity index (χ3n) is 5.80. The van der Waals surface area contributed by atoms with E-state index in [1.165, 1.54) is 20.3 Å². The predicted molar refractivity (Wildman–Crippen MR) is 128 cm³/mol. The maximum atomic E-state index is 12.9. The Morgan fingerprint density at radius 3 is 2.43 bits per heavy atom. The van der Waals surface area contributed by atoms with Gasteiger partial charge in [-0.2, -0.15) is 0 Å². The normalized spacial score (nSPS) is 17.0. The number of ketones is 1. The van der Waals surface area contributed by atoms with Crippen LogP contribution in [0.3, 0.4) is 0 Å². The molecule has 7 heteroatoms. The van der Waals surface area contributed by atoms with Crippen LogP contribution in [0, 0.1) is 0 Å². The number of rotatable bonds is 5. The Morgan fingerprint density at radius 2 is 1.69 bits per heavy atom. The molecule has 0 fully saturated rings. The summed E-state index contributed by atoms with van der Waals surface area (Å²) in [4.78, 5) is 25.8. The lowest BCUT2D eigenvalue weighted by molar-refractivity contribution is 0.0727. The van der Waals surface area contributed by atoms with E-state index in [9.17, 15) is 9.59 Å². The van der Waals surface area contributed by atoms with Gasteiger partial charge in [0.2, 0.25) is 5.78 Å². The number of Topliss-reactive ketones (excluding diaryl/α,β-unsaturated/α-hetero) is 1. The molecule has 0 radical (unpaired) electrons. The second-order valence-electron chi connectivity index (χ2n) is 7.97. The van der Waals surface area contributed by atoms with E-state index in [4.69, 9.17) is 23.7 Å². The molecular formula is C28H22O7. The highest BCUT2D eigenvalue weighted by molar-refractivity contribution is 6.12. The molecule has 0 saturated heterocycles. The highest BCUT2D eigenvalue weighted by Gasteiger charge is 2.30. The van der Waals surface area contributed by atoms with Crippen LogP contribution in [0.1, 0.15) is 33.2 Å². The molecule has 35 heavy (non-hydrogen) atoms. The van der Waals surface area contributed by atoms with Crippen molar-refractivity contribution in [1.29, 1.82) is 0 Å². The Hall–Kier alpha value is -4.52. The molecule has 0 N–H and O–H groups in total. The Bertz CT molecular complexity index is 1380. The van der Waals surface area contributed by atoms with Gasteiger partial charge in [0.05, 0.1) is 19.8 Å². The molecule has 1 atom stereocenters. The van der Waals surface area contributed by atoms with Crippen molar-refractivity contribution >= 4 is 17.8 Å². The molecule has 2 aliphatic rings. The second kappa shape index (κ2) is 9.02. The van der Waals surface area contributed by atoms with Gasteiger partial charge >= 0.3 is 5.97 Å². The van der Waals surface area contributed by atoms with Crippen LogP contribution >= 0.6 is 0 Å². The van der Waals surface area contributed by atoms with Crippen molar-refractivity contribution in [2.75, 3.05) is 14.2 Å². The number of carbonyl (C=O) groups excluding carboxylic acids is 2. The van der Waals surface area contributed by atoms with Gasteiger partial charge in [0, 0.05) is 11.6 Å². The summed E-state index contributed by atoms with van der Waals surface area (Å²) in [5, 5.41) is 0. The van der Waals surface area contributed by atoms with Gasteiger partial charge in [0.25, 0.3) is 0 Å². The molecule has 0 aliphatic carbocycles. The molecule has 0 unspecified atom stereocenters. The molecule has 5 rings (SSSR count). The van der Waals surface area contributed by atoms with E-state index < -0.39 is 5.97 Å². The summed E-state index contributed by atoms with van der Waals surface area (Å²) in [6, 6.07) is 17.3. The van der Waals surface area contributed by atoms with Crippen molar-refractivity contribution in [3.05, 3.63) is 94.8 Å². The standard InChI is InChI=1S/C28H22O7/c1-16-18(13-17-7-4-5-8-21(17)33-16)14-25-27(29)20-12-11-19(15-24(20)35-25)34-28(30)26-22(31-2)9-6-10-23(26)32-3/h4-16H,1-3H3/b25-14-/t16-/m0/s1. The summed E-state index contributed by atoms with van der Waals surface area (Å²) in [5.74, 6) is 1.24. The number of fused-ring (bicyclic) bond motifs is 2. The minimum absolute atomic E-state index is 0.161. The van der Waals surface area contributed by atoms with Gasteiger partial charge in [0.1, 0.15) is 40.4 Å². The van der Waals surface area contributed by atoms with Crippen LogP contribution in [0.5, 0.6) is 28.7 Å². The first-order valence-electron chi connectivity index (χ1n) is 11.0. The Kier molecular flexibility index (Phi) is 5.74. The Labute approximate surface area is 202 Å². The van der Waals surface area contributed by atoms with Gasteiger partial charge in [-0.3, -0.25) is 4.79 Å². The largest absolute Gasteiger partial charge is 0.496 e. The number of hydrogen-bond donors (Lipinski definition) is 0. The first-order chi connectivity index (χ1) is 17.0. The van der Waals surface area contributed by atoms with Crippen LogP contribution in [0.25, 0.3) is 6.08 Å². The average molecular weight is 470 g/mol. The van der Waals surface area contributed by atoms with Crippen molar-refractivity contribution in [1.82, 2.24) is 0 Å². The number of esters is 1. The van der Waals surface area contributed by atoms with E-state index in [0.29, 0.717) is 22.8 Å². The van der Waals surface area contributed by atoms with Gasteiger partial charge in [-0.05, 0) is 55.0 Å². The molecule has 3 aromatic rings. The van der Waals surface area contributed by atoms with Crippen LogP contribution in [-0.2, 0) is 0 Å². The summed E-state index contributed by atoms with van der Waals surface area (Å²) < 4.78 is 27.9. The highest BCUT2D eigenvalue weighted by atomic mass is 16.5. The smallest absolute Gasteiger partial charge is 0.351 e. The fraction of sp³-hybridized carbons (Fsp3) is 0.143. The lowest BCUT2D eigenvalue weighted by Gasteiger charge is -2.22. The predicted octanol–water partition coefficient (Wildman–Crippen LogP) is 5.25. The summed E-state index contributed by atoms with van der Waals surface area (Å²) >= 11 is 0. The molecule has 0 amide bonds. The van der Waals surface area contributed by atoms with Crippen molar-refractivity contribution < 1.29 is 33.3 Å². The lowest BCUT2D eigenvalue weighted by Crippen LogP contribution is -2.18. The molecule has 0 spiro atoms. The van der Waals surface area contributed by atoms with Gasteiger partial charge in [-0.15, -0.1) is 0 Å². The minimum Gasteiger partial charge on any atom is -0.496 e. The first kappa shape index (κ1) is 22.3. The van der Waals surface area contributed by atoms with E-state index in [-0.39, 0.29) is 29.0 Å². The molecule has 0 bridgehead atoms. The van der Waals surface area contributed by atoms with E-state index in [1.807, 2.05) is 37.3 Å².